The van der Waals surface area contributed by atoms with Gasteiger partial charge < -0.3 is 4.90 Å². The van der Waals surface area contributed by atoms with Crippen LogP contribution in [0.4, 0.5) is 0 Å². The minimum atomic E-state index is 0.685. The van der Waals surface area contributed by atoms with Crippen LogP contribution in [0.3, 0.4) is 0 Å². The number of nitrogens with zero attached hydrogens (tertiary/aromatic N) is 2. The molecule has 0 aliphatic carbocycles. The van der Waals surface area contributed by atoms with Gasteiger partial charge in [0.1, 0.15) is 0 Å². The van der Waals surface area contributed by atoms with Crippen molar-refractivity contribution >= 4 is 0 Å². The maximum atomic E-state index is 8.34. The van der Waals surface area contributed by atoms with Crippen molar-refractivity contribution in [2.45, 2.75) is 33.1 Å². The van der Waals surface area contributed by atoms with Crippen molar-refractivity contribution in [3.8, 4) is 6.07 Å². The molecule has 0 bridgehead atoms. The molecular weight excluding hydrogens is 148 g/mol. The van der Waals surface area contributed by atoms with E-state index in [2.05, 4.69) is 31.9 Å². The van der Waals surface area contributed by atoms with Crippen LogP contribution in [0, 0.1) is 17.2 Å². The molecule has 0 aromatic rings. The largest absolute Gasteiger partial charge is 0.306 e. The van der Waals surface area contributed by atoms with Crippen molar-refractivity contribution < 1.29 is 0 Å². The molecule has 1 unspecified atom stereocenters. The molecule has 0 radical (unpaired) electrons. The van der Waals surface area contributed by atoms with Crippen molar-refractivity contribution in [2.75, 3.05) is 20.1 Å². The Balaban J connectivity index is 3.33. The Kier molecular flexibility index (Phi) is 6.79. The van der Waals surface area contributed by atoms with Crippen molar-refractivity contribution in [2.24, 2.45) is 5.92 Å². The summed E-state index contributed by atoms with van der Waals surface area (Å²) in [5.74, 6) is 0.775. The molecule has 0 spiro atoms. The summed E-state index contributed by atoms with van der Waals surface area (Å²) in [6.45, 7) is 6.69. The Labute approximate surface area is 76.2 Å². The minimum Gasteiger partial charge on any atom is -0.306 e. The first-order valence-electron chi connectivity index (χ1n) is 4.76. The smallest absolute Gasteiger partial charge is 0.0622 e. The number of hydrogen-bond donors (Lipinski definition) is 0. The third-order valence-electron chi connectivity index (χ3n) is 2.15. The van der Waals surface area contributed by atoms with E-state index in [0.717, 1.165) is 25.4 Å². The Morgan fingerprint density at radius 2 is 2.17 bits per heavy atom. The normalized spacial score (nSPS) is 12.9. The lowest BCUT2D eigenvalue weighted by atomic mass is 10.1. The van der Waals surface area contributed by atoms with Gasteiger partial charge in [-0.05, 0) is 25.9 Å². The van der Waals surface area contributed by atoms with Gasteiger partial charge in [-0.25, -0.2) is 0 Å². The highest BCUT2D eigenvalue weighted by Crippen LogP contribution is 2.03. The molecule has 0 rings (SSSR count). The van der Waals surface area contributed by atoms with Crippen LogP contribution in [-0.2, 0) is 0 Å². The third-order valence-corrected chi connectivity index (χ3v) is 2.15. The maximum absolute atomic E-state index is 8.34. The molecule has 0 N–H and O–H groups in total. The first-order chi connectivity index (χ1) is 5.70. The second-order valence-electron chi connectivity index (χ2n) is 3.54. The fourth-order valence-corrected chi connectivity index (χ4v) is 1.18. The molecule has 0 aliphatic heterocycles. The predicted molar refractivity (Wildman–Crippen MR) is 51.8 cm³/mol. The van der Waals surface area contributed by atoms with Crippen LogP contribution >= 0.6 is 0 Å². The van der Waals surface area contributed by atoms with E-state index in [1.54, 1.807) is 0 Å². The first-order valence-corrected chi connectivity index (χ1v) is 4.76. The molecule has 1 atom stereocenters. The van der Waals surface area contributed by atoms with Crippen molar-refractivity contribution in [3.63, 3.8) is 0 Å². The standard InChI is InChI=1S/C10H20N2/c1-4-10(2)9-12(3)8-6-5-7-11/h10H,4-6,8-9H2,1-3H3. The molecule has 2 heteroatoms. The summed E-state index contributed by atoms with van der Waals surface area (Å²) in [6, 6.07) is 2.16. The molecule has 0 fully saturated rings. The van der Waals surface area contributed by atoms with Gasteiger partial charge in [-0.15, -0.1) is 0 Å². The van der Waals surface area contributed by atoms with Crippen LogP contribution < -0.4 is 0 Å². The predicted octanol–water partition coefficient (Wildman–Crippen LogP) is 2.27. The molecule has 0 amide bonds. The van der Waals surface area contributed by atoms with Crippen molar-refractivity contribution in [3.05, 3.63) is 0 Å². The molecule has 0 aliphatic rings. The summed E-state index contributed by atoms with van der Waals surface area (Å²) in [6.07, 6.45) is 2.93. The average Bonchev–Trinajstić information content (AvgIpc) is 2.05. The monoisotopic (exact) mass is 168 g/mol. The molecule has 2 nitrogen and oxygen atoms in total. The molecule has 0 saturated heterocycles. The number of hydrogen-bond acceptors (Lipinski definition) is 2. The van der Waals surface area contributed by atoms with E-state index in [1.165, 1.54) is 6.42 Å². The molecule has 70 valence electrons. The van der Waals surface area contributed by atoms with E-state index >= 15 is 0 Å². The zero-order chi connectivity index (χ0) is 9.40. The van der Waals surface area contributed by atoms with Gasteiger partial charge in [0.2, 0.25) is 0 Å². The zero-order valence-electron chi connectivity index (χ0n) is 8.51. The second-order valence-corrected chi connectivity index (χ2v) is 3.54. The van der Waals surface area contributed by atoms with E-state index in [9.17, 15) is 0 Å². The Hall–Kier alpha value is -0.550. The van der Waals surface area contributed by atoms with E-state index < -0.39 is 0 Å². The molecule has 0 heterocycles. The topological polar surface area (TPSA) is 27.0 Å². The van der Waals surface area contributed by atoms with E-state index in [-0.39, 0.29) is 0 Å². The van der Waals surface area contributed by atoms with Gasteiger partial charge in [-0.3, -0.25) is 0 Å². The van der Waals surface area contributed by atoms with E-state index in [1.807, 2.05) is 0 Å². The van der Waals surface area contributed by atoms with Crippen LogP contribution in [0.25, 0.3) is 0 Å². The summed E-state index contributed by atoms with van der Waals surface area (Å²) in [7, 11) is 2.13. The van der Waals surface area contributed by atoms with Gasteiger partial charge in [0.15, 0.2) is 0 Å². The van der Waals surface area contributed by atoms with E-state index in [4.69, 9.17) is 5.26 Å². The van der Waals surface area contributed by atoms with Gasteiger partial charge in [0.05, 0.1) is 6.07 Å². The van der Waals surface area contributed by atoms with Crippen LogP contribution in [0.5, 0.6) is 0 Å². The average molecular weight is 168 g/mol. The maximum Gasteiger partial charge on any atom is 0.0622 e. The summed E-state index contributed by atoms with van der Waals surface area (Å²) < 4.78 is 0. The molecule has 0 saturated carbocycles. The summed E-state index contributed by atoms with van der Waals surface area (Å²) in [5.41, 5.74) is 0. The zero-order valence-corrected chi connectivity index (χ0v) is 8.51. The SMILES string of the molecule is CCC(C)CN(C)CCCC#N. The summed E-state index contributed by atoms with van der Waals surface area (Å²) in [5, 5.41) is 8.34. The molecular formula is C10H20N2. The Bertz CT molecular complexity index is 137. The fourth-order valence-electron chi connectivity index (χ4n) is 1.18. The van der Waals surface area contributed by atoms with Crippen molar-refractivity contribution in [1.82, 2.24) is 4.90 Å². The lowest BCUT2D eigenvalue weighted by Gasteiger charge is -2.19. The summed E-state index contributed by atoms with van der Waals surface area (Å²) in [4.78, 5) is 2.31. The van der Waals surface area contributed by atoms with Crippen LogP contribution in [-0.4, -0.2) is 25.0 Å². The fraction of sp³-hybridized carbons (Fsp3) is 0.900. The highest BCUT2D eigenvalue weighted by molar-refractivity contribution is 4.69. The van der Waals surface area contributed by atoms with Crippen LogP contribution in [0.2, 0.25) is 0 Å². The van der Waals surface area contributed by atoms with Crippen LogP contribution in [0.15, 0.2) is 0 Å². The second kappa shape index (κ2) is 7.12. The van der Waals surface area contributed by atoms with Gasteiger partial charge >= 0.3 is 0 Å². The minimum absolute atomic E-state index is 0.685. The number of unbranched alkanes of at least 4 members (excludes halogenated alkanes) is 1. The van der Waals surface area contributed by atoms with Gasteiger partial charge in [0.25, 0.3) is 0 Å². The van der Waals surface area contributed by atoms with Crippen LogP contribution in [0.1, 0.15) is 33.1 Å². The molecule has 12 heavy (non-hydrogen) atoms. The third kappa shape index (κ3) is 6.18. The quantitative estimate of drug-likeness (QED) is 0.569. The van der Waals surface area contributed by atoms with Gasteiger partial charge in [0, 0.05) is 13.0 Å². The molecule has 0 aromatic heterocycles. The van der Waals surface area contributed by atoms with Gasteiger partial charge in [-0.2, -0.15) is 5.26 Å². The Morgan fingerprint density at radius 1 is 1.50 bits per heavy atom. The summed E-state index contributed by atoms with van der Waals surface area (Å²) >= 11 is 0. The lowest BCUT2D eigenvalue weighted by molar-refractivity contribution is 0.280. The number of nitriles is 1. The van der Waals surface area contributed by atoms with Crippen molar-refractivity contribution in [1.29, 1.82) is 5.26 Å². The highest BCUT2D eigenvalue weighted by Gasteiger charge is 2.02. The molecule has 0 aromatic carbocycles. The first kappa shape index (κ1) is 11.4. The lowest BCUT2D eigenvalue weighted by Crippen LogP contribution is -2.25. The number of rotatable bonds is 6. The highest BCUT2D eigenvalue weighted by atomic mass is 15.1. The van der Waals surface area contributed by atoms with E-state index in [0.29, 0.717) is 6.42 Å². The van der Waals surface area contributed by atoms with Gasteiger partial charge in [-0.1, -0.05) is 20.3 Å². The Morgan fingerprint density at radius 3 is 2.67 bits per heavy atom.